The molecule has 0 radical (unpaired) electrons. The van der Waals surface area contributed by atoms with Crippen LogP contribution in [0.15, 0.2) is 120 Å². The number of rotatable bonds is 13. The summed E-state index contributed by atoms with van der Waals surface area (Å²) in [6.45, 7) is 3.92. The number of anilines is 1. The maximum absolute atomic E-state index is 13.6. The van der Waals surface area contributed by atoms with E-state index in [-0.39, 0.29) is 36.0 Å². The van der Waals surface area contributed by atoms with Crippen molar-refractivity contribution in [3.8, 4) is 0 Å². The SMILES string of the molecule is Cc1ccc(S(=O)(=O)N[C@H](Cc2ccccc2)C(=O)Nc2ccc([C@@H]3O[C@H](CSc4ncn[nH]4)[C@H](C)[C@H](c4ccc(CO)cc4)O3)cc2)cc1. The molecule has 1 fully saturated rings. The normalized spacial score (nSPS) is 19.9. The van der Waals surface area contributed by atoms with Crippen LogP contribution in [0.4, 0.5) is 5.69 Å². The van der Waals surface area contributed by atoms with Gasteiger partial charge in [-0.25, -0.2) is 13.4 Å². The highest BCUT2D eigenvalue weighted by Crippen LogP contribution is 2.43. The van der Waals surface area contributed by atoms with Crippen LogP contribution < -0.4 is 10.0 Å². The third kappa shape index (κ3) is 8.85. The minimum Gasteiger partial charge on any atom is -0.392 e. The van der Waals surface area contributed by atoms with Crippen LogP contribution in [0.1, 0.15) is 47.1 Å². The lowest BCUT2D eigenvalue weighted by molar-refractivity contribution is -0.268. The molecule has 1 aliphatic rings. The van der Waals surface area contributed by atoms with Crippen molar-refractivity contribution in [2.24, 2.45) is 5.92 Å². The van der Waals surface area contributed by atoms with E-state index in [1.54, 1.807) is 24.3 Å². The van der Waals surface area contributed by atoms with Gasteiger partial charge in [0.15, 0.2) is 11.4 Å². The van der Waals surface area contributed by atoms with E-state index >= 15 is 0 Å². The van der Waals surface area contributed by atoms with E-state index in [1.165, 1.54) is 30.2 Å². The Morgan fingerprint density at radius 2 is 1.62 bits per heavy atom. The molecule has 0 aliphatic carbocycles. The average Bonchev–Trinajstić information content (AvgIpc) is 3.66. The van der Waals surface area contributed by atoms with E-state index in [0.717, 1.165) is 27.8 Å². The van der Waals surface area contributed by atoms with Gasteiger partial charge in [0.1, 0.15) is 12.4 Å². The van der Waals surface area contributed by atoms with Crippen LogP contribution in [-0.4, -0.2) is 52.5 Å². The van der Waals surface area contributed by atoms with Gasteiger partial charge in [0.25, 0.3) is 0 Å². The zero-order chi connectivity index (χ0) is 35.1. The first-order valence-corrected chi connectivity index (χ1v) is 18.7. The summed E-state index contributed by atoms with van der Waals surface area (Å²) in [5, 5.41) is 19.9. The lowest BCUT2D eigenvalue weighted by Crippen LogP contribution is -2.45. The number of H-pyrrole nitrogens is 1. The Morgan fingerprint density at radius 1 is 0.920 bits per heavy atom. The molecular weight excluding hydrogens is 675 g/mol. The van der Waals surface area contributed by atoms with Crippen LogP contribution in [0.5, 0.6) is 0 Å². The topological polar surface area (TPSA) is 156 Å². The minimum atomic E-state index is -3.98. The molecule has 1 aliphatic heterocycles. The first kappa shape index (κ1) is 35.5. The van der Waals surface area contributed by atoms with E-state index in [4.69, 9.17) is 9.47 Å². The van der Waals surface area contributed by atoms with Gasteiger partial charge in [-0.15, -0.1) is 0 Å². The van der Waals surface area contributed by atoms with Crippen LogP contribution in [-0.2, 0) is 37.3 Å². The van der Waals surface area contributed by atoms with Crippen LogP contribution >= 0.6 is 11.8 Å². The van der Waals surface area contributed by atoms with Crippen LogP contribution in [0.25, 0.3) is 0 Å². The predicted molar refractivity (Wildman–Crippen MR) is 191 cm³/mol. The van der Waals surface area contributed by atoms with E-state index in [1.807, 2.05) is 73.7 Å². The molecule has 4 N–H and O–H groups in total. The molecule has 0 saturated carbocycles. The van der Waals surface area contributed by atoms with Crippen molar-refractivity contribution in [3.05, 3.63) is 137 Å². The number of aromatic nitrogens is 3. The van der Waals surface area contributed by atoms with E-state index in [0.29, 0.717) is 16.6 Å². The number of aliphatic hydroxyl groups excluding tert-OH is 1. The van der Waals surface area contributed by atoms with Crippen molar-refractivity contribution in [2.75, 3.05) is 11.1 Å². The van der Waals surface area contributed by atoms with Gasteiger partial charge in [-0.05, 0) is 54.3 Å². The average molecular weight is 714 g/mol. The maximum atomic E-state index is 13.6. The van der Waals surface area contributed by atoms with Gasteiger partial charge in [0.05, 0.1) is 23.7 Å². The number of amides is 1. The number of carbonyl (C=O) groups is 1. The highest BCUT2D eigenvalue weighted by Gasteiger charge is 2.38. The van der Waals surface area contributed by atoms with Crippen molar-refractivity contribution < 1.29 is 27.8 Å². The lowest BCUT2D eigenvalue weighted by atomic mass is 9.91. The molecule has 260 valence electrons. The molecule has 0 spiro atoms. The van der Waals surface area contributed by atoms with Crippen molar-refractivity contribution in [1.82, 2.24) is 19.9 Å². The zero-order valence-electron chi connectivity index (χ0n) is 27.6. The van der Waals surface area contributed by atoms with Crippen molar-refractivity contribution >= 4 is 33.4 Å². The zero-order valence-corrected chi connectivity index (χ0v) is 29.2. The summed E-state index contributed by atoms with van der Waals surface area (Å²) in [5.74, 6) is 0.106. The molecule has 1 aromatic heterocycles. The number of ether oxygens (including phenoxy) is 2. The number of aromatic amines is 1. The monoisotopic (exact) mass is 713 g/mol. The third-order valence-corrected chi connectivity index (χ3v) is 11.0. The largest absolute Gasteiger partial charge is 0.392 e. The second-order valence-electron chi connectivity index (χ2n) is 12.2. The molecule has 2 heterocycles. The first-order valence-electron chi connectivity index (χ1n) is 16.2. The lowest BCUT2D eigenvalue weighted by Gasteiger charge is -2.41. The van der Waals surface area contributed by atoms with E-state index in [9.17, 15) is 18.3 Å². The number of benzene rings is 4. The number of aliphatic hydroxyl groups is 1. The van der Waals surface area contributed by atoms with Gasteiger partial charge >= 0.3 is 0 Å². The Labute approximate surface area is 295 Å². The number of carbonyl (C=O) groups excluding carboxylic acids is 1. The quantitative estimate of drug-likeness (QED) is 0.112. The Bertz CT molecular complexity index is 1940. The summed E-state index contributed by atoms with van der Waals surface area (Å²) in [4.78, 5) is 17.9. The van der Waals surface area contributed by atoms with Crippen molar-refractivity contribution in [2.45, 2.75) is 61.5 Å². The summed E-state index contributed by atoms with van der Waals surface area (Å²) in [5.41, 5.74) is 4.77. The van der Waals surface area contributed by atoms with Crippen LogP contribution in [0, 0.1) is 12.8 Å². The summed E-state index contributed by atoms with van der Waals surface area (Å²) >= 11 is 1.51. The highest BCUT2D eigenvalue weighted by atomic mass is 32.2. The first-order chi connectivity index (χ1) is 24.2. The maximum Gasteiger partial charge on any atom is 0.242 e. The van der Waals surface area contributed by atoms with Gasteiger partial charge in [0.2, 0.25) is 15.9 Å². The molecule has 5 aromatic rings. The molecule has 13 heteroatoms. The Morgan fingerprint density at radius 3 is 2.28 bits per heavy atom. The molecular formula is C37H39N5O6S2. The molecule has 50 heavy (non-hydrogen) atoms. The standard InChI is InChI=1S/C37H39N5O6S2/c1-24-8-18-31(19-9-24)50(45,46)42-32(20-26-6-4-3-5-7-26)35(44)40-30-16-14-29(15-17-30)36-47-33(22-49-37-38-23-39-41-37)25(2)34(48-36)28-12-10-27(21-43)11-13-28/h3-19,23,25,32-34,36,42-43H,20-22H2,1-2H3,(H,40,44)(H,38,39,41)/t25-,32+,33+,34+,36+/m0/s1. The molecule has 11 nitrogen and oxygen atoms in total. The van der Waals surface area contributed by atoms with Gasteiger partial charge < -0.3 is 19.9 Å². The number of sulfonamides is 1. The number of hydrogen-bond acceptors (Lipinski definition) is 9. The van der Waals surface area contributed by atoms with Crippen molar-refractivity contribution in [3.63, 3.8) is 0 Å². The fourth-order valence-electron chi connectivity index (χ4n) is 5.70. The van der Waals surface area contributed by atoms with E-state index in [2.05, 4.69) is 32.1 Å². The fraction of sp³-hybridized carbons (Fsp3) is 0.270. The van der Waals surface area contributed by atoms with E-state index < -0.39 is 28.3 Å². The Hall–Kier alpha value is -4.37. The molecule has 5 atom stereocenters. The van der Waals surface area contributed by atoms with Gasteiger partial charge in [-0.1, -0.05) is 103 Å². The van der Waals surface area contributed by atoms with Crippen LogP contribution in [0.2, 0.25) is 0 Å². The summed E-state index contributed by atoms with van der Waals surface area (Å²) in [6, 6.07) is 29.5. The number of nitrogens with zero attached hydrogens (tertiary/aromatic N) is 2. The number of nitrogens with one attached hydrogen (secondary N) is 3. The minimum absolute atomic E-state index is 0.00885. The molecule has 1 saturated heterocycles. The molecule has 4 aromatic carbocycles. The number of thioether (sulfide) groups is 1. The highest BCUT2D eigenvalue weighted by molar-refractivity contribution is 7.99. The van der Waals surface area contributed by atoms with Gasteiger partial charge in [0, 0.05) is 22.9 Å². The predicted octanol–water partition coefficient (Wildman–Crippen LogP) is 5.72. The summed E-state index contributed by atoms with van der Waals surface area (Å²) in [7, 11) is -3.98. The Kier molecular flexibility index (Phi) is 11.4. The second kappa shape index (κ2) is 16.1. The summed E-state index contributed by atoms with van der Waals surface area (Å²) in [6.07, 6.45) is 0.429. The smallest absolute Gasteiger partial charge is 0.242 e. The Balaban J connectivity index is 1.19. The molecule has 6 rings (SSSR count). The number of aryl methyl sites for hydroxylation is 1. The molecule has 0 unspecified atom stereocenters. The summed E-state index contributed by atoms with van der Waals surface area (Å²) < 4.78 is 42.3. The molecule has 0 bridgehead atoms. The number of hydrogen-bond donors (Lipinski definition) is 4. The second-order valence-corrected chi connectivity index (χ2v) is 14.9. The third-order valence-electron chi connectivity index (χ3n) is 8.58. The fourth-order valence-corrected chi connectivity index (χ4v) is 7.84. The molecule has 1 amide bonds. The van der Waals surface area contributed by atoms with Crippen molar-refractivity contribution in [1.29, 1.82) is 0 Å². The van der Waals surface area contributed by atoms with Gasteiger partial charge in [-0.3, -0.25) is 9.89 Å². The van der Waals surface area contributed by atoms with Crippen LogP contribution in [0.3, 0.4) is 0 Å². The van der Waals surface area contributed by atoms with Gasteiger partial charge in [-0.2, -0.15) is 9.82 Å².